The first kappa shape index (κ1) is 18.1. The quantitative estimate of drug-likeness (QED) is 0.728. The molecule has 1 amide bonds. The lowest BCUT2D eigenvalue weighted by atomic mass is 10.1. The molecule has 1 heterocycles. The van der Waals surface area contributed by atoms with Gasteiger partial charge >= 0.3 is 0 Å². The summed E-state index contributed by atoms with van der Waals surface area (Å²) in [5.41, 5.74) is 4.78. The first-order valence-electron chi connectivity index (χ1n) is 8.47. The first-order valence-corrected chi connectivity index (χ1v) is 8.47. The highest BCUT2D eigenvalue weighted by atomic mass is 16.1. The Bertz CT molecular complexity index is 1030. The lowest BCUT2D eigenvalue weighted by Gasteiger charge is -2.13. The van der Waals surface area contributed by atoms with Gasteiger partial charge in [0.2, 0.25) is 5.95 Å². The van der Waals surface area contributed by atoms with Crippen LogP contribution in [0.3, 0.4) is 0 Å². The van der Waals surface area contributed by atoms with Crippen molar-refractivity contribution in [3.05, 3.63) is 76.6 Å². The van der Waals surface area contributed by atoms with Gasteiger partial charge in [-0.2, -0.15) is 5.26 Å². The van der Waals surface area contributed by atoms with E-state index in [1.54, 1.807) is 37.3 Å². The average molecular weight is 357 g/mol. The van der Waals surface area contributed by atoms with E-state index in [-0.39, 0.29) is 5.69 Å². The van der Waals surface area contributed by atoms with Crippen molar-refractivity contribution in [2.75, 3.05) is 10.6 Å². The highest BCUT2D eigenvalue weighted by Crippen LogP contribution is 2.23. The maximum atomic E-state index is 12.6. The highest BCUT2D eigenvalue weighted by Gasteiger charge is 2.14. The van der Waals surface area contributed by atoms with Gasteiger partial charge in [0.15, 0.2) is 0 Å². The monoisotopic (exact) mass is 357 g/mol. The van der Waals surface area contributed by atoms with E-state index in [1.807, 2.05) is 32.0 Å². The van der Waals surface area contributed by atoms with Crippen LogP contribution < -0.4 is 10.6 Å². The third-order valence-corrected chi connectivity index (χ3v) is 4.10. The van der Waals surface area contributed by atoms with Crippen molar-refractivity contribution in [1.29, 1.82) is 5.26 Å². The van der Waals surface area contributed by atoms with Crippen molar-refractivity contribution in [3.8, 4) is 6.07 Å². The van der Waals surface area contributed by atoms with Crippen LogP contribution in [-0.4, -0.2) is 15.9 Å². The molecule has 2 N–H and O–H groups in total. The molecule has 0 atom stereocenters. The van der Waals surface area contributed by atoms with Gasteiger partial charge in [-0.05, 0) is 50.1 Å². The molecule has 0 spiro atoms. The number of carbonyl (C=O) groups excluding carboxylic acids is 1. The summed E-state index contributed by atoms with van der Waals surface area (Å²) in [5, 5.41) is 15.1. The third kappa shape index (κ3) is 4.10. The molecule has 0 saturated carbocycles. The summed E-state index contributed by atoms with van der Waals surface area (Å²) >= 11 is 0. The minimum atomic E-state index is -0.396. The van der Waals surface area contributed by atoms with Gasteiger partial charge in [-0.25, -0.2) is 9.97 Å². The number of anilines is 3. The van der Waals surface area contributed by atoms with Crippen molar-refractivity contribution in [1.82, 2.24) is 9.97 Å². The number of para-hydroxylation sites is 2. The molecule has 1 aromatic heterocycles. The van der Waals surface area contributed by atoms with Crippen LogP contribution in [0.25, 0.3) is 0 Å². The molecule has 134 valence electrons. The molecule has 6 heteroatoms. The van der Waals surface area contributed by atoms with E-state index in [2.05, 4.69) is 26.7 Å². The van der Waals surface area contributed by atoms with E-state index in [1.165, 1.54) is 0 Å². The van der Waals surface area contributed by atoms with E-state index >= 15 is 0 Å². The van der Waals surface area contributed by atoms with Gasteiger partial charge in [0.1, 0.15) is 11.8 Å². The second-order valence-electron chi connectivity index (χ2n) is 6.22. The van der Waals surface area contributed by atoms with E-state index in [0.29, 0.717) is 22.9 Å². The number of hydrogen-bond acceptors (Lipinski definition) is 5. The zero-order chi connectivity index (χ0) is 19.4. The SMILES string of the molecule is Cc1cc(C(=O)Nc2ccccc2C#N)nc(Nc2c(C)cccc2C)n1. The molecule has 0 bridgehead atoms. The van der Waals surface area contributed by atoms with Crippen molar-refractivity contribution >= 4 is 23.2 Å². The van der Waals surface area contributed by atoms with Gasteiger partial charge in [-0.15, -0.1) is 0 Å². The number of benzene rings is 2. The van der Waals surface area contributed by atoms with Crippen LogP contribution in [0, 0.1) is 32.1 Å². The summed E-state index contributed by atoms with van der Waals surface area (Å²) in [7, 11) is 0. The summed E-state index contributed by atoms with van der Waals surface area (Å²) < 4.78 is 0. The third-order valence-electron chi connectivity index (χ3n) is 4.10. The fourth-order valence-corrected chi connectivity index (χ4v) is 2.74. The maximum absolute atomic E-state index is 12.6. The summed E-state index contributed by atoms with van der Waals surface area (Å²) in [6.45, 7) is 5.80. The Morgan fingerprint density at radius 3 is 2.41 bits per heavy atom. The number of nitriles is 1. The van der Waals surface area contributed by atoms with E-state index < -0.39 is 5.91 Å². The van der Waals surface area contributed by atoms with Gasteiger partial charge in [0.25, 0.3) is 5.91 Å². The van der Waals surface area contributed by atoms with Crippen LogP contribution in [0.15, 0.2) is 48.5 Å². The van der Waals surface area contributed by atoms with Crippen molar-refractivity contribution in [2.24, 2.45) is 0 Å². The Kier molecular flexibility index (Phi) is 5.13. The topological polar surface area (TPSA) is 90.7 Å². The molecule has 27 heavy (non-hydrogen) atoms. The van der Waals surface area contributed by atoms with Crippen LogP contribution in [0.2, 0.25) is 0 Å². The predicted octanol–water partition coefficient (Wildman–Crippen LogP) is 4.27. The minimum absolute atomic E-state index is 0.226. The van der Waals surface area contributed by atoms with Crippen LogP contribution in [0.5, 0.6) is 0 Å². The van der Waals surface area contributed by atoms with E-state index in [0.717, 1.165) is 16.8 Å². The molecule has 0 unspecified atom stereocenters. The molecular formula is C21H19N5O. The molecule has 0 radical (unpaired) electrons. The van der Waals surface area contributed by atoms with E-state index in [4.69, 9.17) is 5.26 Å². The maximum Gasteiger partial charge on any atom is 0.274 e. The molecular weight excluding hydrogens is 338 g/mol. The normalized spacial score (nSPS) is 10.1. The molecule has 0 aliphatic heterocycles. The van der Waals surface area contributed by atoms with Gasteiger partial charge in [0.05, 0.1) is 11.3 Å². The number of hydrogen-bond donors (Lipinski definition) is 2. The number of nitrogens with one attached hydrogen (secondary N) is 2. The van der Waals surface area contributed by atoms with Crippen LogP contribution in [-0.2, 0) is 0 Å². The van der Waals surface area contributed by atoms with Gasteiger partial charge < -0.3 is 10.6 Å². The lowest BCUT2D eigenvalue weighted by molar-refractivity contribution is 0.102. The second-order valence-corrected chi connectivity index (χ2v) is 6.22. The summed E-state index contributed by atoms with van der Waals surface area (Å²) in [4.78, 5) is 21.4. The van der Waals surface area contributed by atoms with Gasteiger partial charge in [0, 0.05) is 11.4 Å². The Labute approximate surface area is 157 Å². The van der Waals surface area contributed by atoms with Crippen molar-refractivity contribution in [2.45, 2.75) is 20.8 Å². The number of nitrogens with zero attached hydrogens (tertiary/aromatic N) is 3. The second kappa shape index (κ2) is 7.67. The number of amides is 1. The predicted molar refractivity (Wildman–Crippen MR) is 105 cm³/mol. The average Bonchev–Trinajstić information content (AvgIpc) is 2.65. The van der Waals surface area contributed by atoms with Crippen molar-refractivity contribution < 1.29 is 4.79 Å². The lowest BCUT2D eigenvalue weighted by Crippen LogP contribution is -2.16. The summed E-state index contributed by atoms with van der Waals surface area (Å²) in [5.74, 6) is -0.0427. The molecule has 0 aliphatic rings. The fourth-order valence-electron chi connectivity index (χ4n) is 2.74. The highest BCUT2D eigenvalue weighted by molar-refractivity contribution is 6.03. The first-order chi connectivity index (χ1) is 13.0. The number of aromatic nitrogens is 2. The standard InChI is InChI=1S/C21H19N5O/c1-13-7-6-8-14(2)19(13)26-21-23-15(3)11-18(25-21)20(27)24-17-10-5-4-9-16(17)12-22/h4-11H,1-3H3,(H,24,27)(H,23,25,26). The van der Waals surface area contributed by atoms with Gasteiger partial charge in [-0.1, -0.05) is 30.3 Å². The molecule has 0 fully saturated rings. The number of aryl methyl sites for hydroxylation is 3. The smallest absolute Gasteiger partial charge is 0.274 e. The van der Waals surface area contributed by atoms with Crippen LogP contribution in [0.1, 0.15) is 32.9 Å². The molecule has 3 rings (SSSR count). The van der Waals surface area contributed by atoms with Crippen LogP contribution in [0.4, 0.5) is 17.3 Å². The van der Waals surface area contributed by atoms with E-state index in [9.17, 15) is 4.79 Å². The Morgan fingerprint density at radius 2 is 1.70 bits per heavy atom. The molecule has 2 aromatic carbocycles. The molecule has 0 saturated heterocycles. The molecule has 0 aliphatic carbocycles. The molecule has 6 nitrogen and oxygen atoms in total. The van der Waals surface area contributed by atoms with Crippen LogP contribution >= 0.6 is 0 Å². The molecule has 3 aromatic rings. The fraction of sp³-hybridized carbons (Fsp3) is 0.143. The minimum Gasteiger partial charge on any atom is -0.324 e. The zero-order valence-electron chi connectivity index (χ0n) is 15.4. The van der Waals surface area contributed by atoms with Gasteiger partial charge in [-0.3, -0.25) is 4.79 Å². The Morgan fingerprint density at radius 1 is 1.00 bits per heavy atom. The summed E-state index contributed by atoms with van der Waals surface area (Å²) in [6, 6.07) is 16.5. The summed E-state index contributed by atoms with van der Waals surface area (Å²) in [6.07, 6.45) is 0. The Hall–Kier alpha value is -3.72. The largest absolute Gasteiger partial charge is 0.324 e. The number of rotatable bonds is 4. The zero-order valence-corrected chi connectivity index (χ0v) is 15.4. The van der Waals surface area contributed by atoms with Crippen molar-refractivity contribution in [3.63, 3.8) is 0 Å². The Balaban J connectivity index is 1.89. The number of carbonyl (C=O) groups is 1.